The first-order valence-electron chi connectivity index (χ1n) is 5.20. The van der Waals surface area contributed by atoms with Crippen molar-refractivity contribution >= 4 is 23.3 Å². The molecule has 2 aromatic rings. The Labute approximate surface area is 109 Å². The number of halogens is 1. The van der Waals surface area contributed by atoms with Gasteiger partial charge < -0.3 is 14.5 Å². The predicted octanol–water partition coefficient (Wildman–Crippen LogP) is 2.73. The van der Waals surface area contributed by atoms with E-state index in [1.54, 1.807) is 24.4 Å². The highest BCUT2D eigenvalue weighted by atomic mass is 35.5. The van der Waals surface area contributed by atoms with Crippen LogP contribution in [0, 0.1) is 0 Å². The minimum atomic E-state index is -0.424. The van der Waals surface area contributed by atoms with Crippen molar-refractivity contribution < 1.29 is 13.9 Å². The van der Waals surface area contributed by atoms with Crippen LogP contribution < -0.4 is 5.32 Å². The molecule has 0 radical (unpaired) electrons. The van der Waals surface area contributed by atoms with Gasteiger partial charge in [-0.2, -0.15) is 0 Å². The fraction of sp³-hybridized carbons (Fsp3) is 0.167. The monoisotopic (exact) mass is 266 g/mol. The summed E-state index contributed by atoms with van der Waals surface area (Å²) in [6.07, 6.45) is 2.94. The normalized spacial score (nSPS) is 10.1. The first kappa shape index (κ1) is 12.4. The van der Waals surface area contributed by atoms with Crippen LogP contribution in [-0.4, -0.2) is 18.1 Å². The van der Waals surface area contributed by atoms with Gasteiger partial charge in [0.1, 0.15) is 5.76 Å². The van der Waals surface area contributed by atoms with Gasteiger partial charge in [0, 0.05) is 5.02 Å². The van der Waals surface area contributed by atoms with Crippen LogP contribution in [0.15, 0.2) is 35.2 Å². The molecule has 94 valence electrons. The number of nitrogens with zero attached hydrogens (tertiary/aromatic N) is 1. The smallest absolute Gasteiger partial charge is 0.339 e. The maximum atomic E-state index is 11.6. The molecule has 1 N–H and O–H groups in total. The van der Waals surface area contributed by atoms with E-state index in [9.17, 15) is 4.79 Å². The molecule has 0 aliphatic heterocycles. The zero-order valence-electron chi connectivity index (χ0n) is 9.64. The van der Waals surface area contributed by atoms with E-state index in [2.05, 4.69) is 10.3 Å². The van der Waals surface area contributed by atoms with E-state index in [4.69, 9.17) is 20.8 Å². The number of carbonyl (C=O) groups is 1. The SMILES string of the molecule is COC(=O)c1ccc(Cl)cc1NCc1cnco1. The van der Waals surface area contributed by atoms with Gasteiger partial charge >= 0.3 is 5.97 Å². The van der Waals surface area contributed by atoms with Crippen LogP contribution in [-0.2, 0) is 11.3 Å². The molecule has 0 aliphatic rings. The molecule has 0 spiro atoms. The number of hydrogen-bond donors (Lipinski definition) is 1. The van der Waals surface area contributed by atoms with Gasteiger partial charge in [0.2, 0.25) is 0 Å². The number of esters is 1. The lowest BCUT2D eigenvalue weighted by atomic mass is 10.2. The molecule has 1 heterocycles. The molecule has 6 heteroatoms. The summed E-state index contributed by atoms with van der Waals surface area (Å²) in [6.45, 7) is 0.407. The van der Waals surface area contributed by atoms with Crippen molar-refractivity contribution in [1.82, 2.24) is 4.98 Å². The summed E-state index contributed by atoms with van der Waals surface area (Å²) in [5.74, 6) is 0.234. The Morgan fingerprint density at radius 1 is 1.56 bits per heavy atom. The van der Waals surface area contributed by atoms with Crippen LogP contribution >= 0.6 is 11.6 Å². The Balaban J connectivity index is 2.19. The van der Waals surface area contributed by atoms with Crippen molar-refractivity contribution in [2.45, 2.75) is 6.54 Å². The molecule has 18 heavy (non-hydrogen) atoms. The van der Waals surface area contributed by atoms with E-state index in [1.165, 1.54) is 13.5 Å². The highest BCUT2D eigenvalue weighted by Crippen LogP contribution is 2.22. The quantitative estimate of drug-likeness (QED) is 0.862. The molecular formula is C12H11ClN2O3. The second-order valence-corrected chi connectivity index (χ2v) is 3.94. The molecule has 2 rings (SSSR count). The lowest BCUT2D eigenvalue weighted by Crippen LogP contribution is -2.08. The minimum absolute atomic E-state index is 0.407. The van der Waals surface area contributed by atoms with Crippen molar-refractivity contribution in [1.29, 1.82) is 0 Å². The second kappa shape index (κ2) is 5.55. The first-order valence-corrected chi connectivity index (χ1v) is 5.57. The Hall–Kier alpha value is -2.01. The second-order valence-electron chi connectivity index (χ2n) is 3.50. The summed E-state index contributed by atoms with van der Waals surface area (Å²) in [6, 6.07) is 4.90. The number of rotatable bonds is 4. The van der Waals surface area contributed by atoms with Gasteiger partial charge in [-0.3, -0.25) is 0 Å². The standard InChI is InChI=1S/C12H11ClN2O3/c1-17-12(16)10-3-2-8(13)4-11(10)15-6-9-5-14-7-18-9/h2-5,7,15H,6H2,1H3. The maximum absolute atomic E-state index is 11.6. The highest BCUT2D eigenvalue weighted by Gasteiger charge is 2.12. The Morgan fingerprint density at radius 2 is 2.39 bits per heavy atom. The van der Waals surface area contributed by atoms with Crippen LogP contribution in [0.1, 0.15) is 16.1 Å². The molecule has 0 amide bonds. The summed E-state index contributed by atoms with van der Waals surface area (Å²) in [4.78, 5) is 15.4. The molecule has 1 aromatic heterocycles. The summed E-state index contributed by atoms with van der Waals surface area (Å²) in [5, 5.41) is 3.58. The van der Waals surface area contributed by atoms with E-state index in [0.29, 0.717) is 28.6 Å². The summed E-state index contributed by atoms with van der Waals surface area (Å²) in [7, 11) is 1.33. The summed E-state index contributed by atoms with van der Waals surface area (Å²) >= 11 is 5.90. The van der Waals surface area contributed by atoms with E-state index in [-0.39, 0.29) is 0 Å². The lowest BCUT2D eigenvalue weighted by molar-refractivity contribution is 0.0602. The number of carbonyl (C=O) groups excluding carboxylic acids is 1. The third kappa shape index (κ3) is 2.81. The van der Waals surface area contributed by atoms with Gasteiger partial charge in [-0.25, -0.2) is 9.78 Å². The lowest BCUT2D eigenvalue weighted by Gasteiger charge is -2.09. The van der Waals surface area contributed by atoms with Crippen LogP contribution in [0.5, 0.6) is 0 Å². The van der Waals surface area contributed by atoms with Gasteiger partial charge in [-0.15, -0.1) is 0 Å². The third-order valence-corrected chi connectivity index (χ3v) is 2.56. The van der Waals surface area contributed by atoms with Crippen molar-refractivity contribution in [3.8, 4) is 0 Å². The number of aromatic nitrogens is 1. The molecule has 1 aromatic carbocycles. The first-order chi connectivity index (χ1) is 8.70. The van der Waals surface area contributed by atoms with Crippen molar-refractivity contribution in [3.05, 3.63) is 47.1 Å². The Bertz CT molecular complexity index is 540. The number of anilines is 1. The fourth-order valence-corrected chi connectivity index (χ4v) is 1.63. The maximum Gasteiger partial charge on any atom is 0.339 e. The van der Waals surface area contributed by atoms with Gasteiger partial charge in [-0.1, -0.05) is 11.6 Å². The molecule has 0 saturated heterocycles. The predicted molar refractivity (Wildman–Crippen MR) is 66.6 cm³/mol. The van der Waals surface area contributed by atoms with Gasteiger partial charge in [-0.05, 0) is 18.2 Å². The number of methoxy groups -OCH3 is 1. The van der Waals surface area contributed by atoms with E-state index in [1.807, 2.05) is 0 Å². The van der Waals surface area contributed by atoms with Gasteiger partial charge in [0.25, 0.3) is 0 Å². The molecule has 0 bridgehead atoms. The third-order valence-electron chi connectivity index (χ3n) is 2.32. The van der Waals surface area contributed by atoms with Gasteiger partial charge in [0.15, 0.2) is 6.39 Å². The average Bonchev–Trinajstić information content (AvgIpc) is 2.88. The molecule has 5 nitrogen and oxygen atoms in total. The molecule has 0 atom stereocenters. The molecular weight excluding hydrogens is 256 g/mol. The van der Waals surface area contributed by atoms with Gasteiger partial charge in [0.05, 0.1) is 31.1 Å². The Morgan fingerprint density at radius 3 is 3.06 bits per heavy atom. The van der Waals surface area contributed by atoms with Crippen LogP contribution in [0.2, 0.25) is 5.02 Å². The number of nitrogens with one attached hydrogen (secondary N) is 1. The van der Waals surface area contributed by atoms with E-state index in [0.717, 1.165) is 0 Å². The number of benzene rings is 1. The average molecular weight is 267 g/mol. The zero-order valence-corrected chi connectivity index (χ0v) is 10.4. The zero-order chi connectivity index (χ0) is 13.0. The van der Waals surface area contributed by atoms with E-state index >= 15 is 0 Å². The molecule has 0 unspecified atom stereocenters. The van der Waals surface area contributed by atoms with E-state index < -0.39 is 5.97 Å². The summed E-state index contributed by atoms with van der Waals surface area (Å²) < 4.78 is 9.79. The topological polar surface area (TPSA) is 64.4 Å². The Kier molecular flexibility index (Phi) is 3.84. The molecule has 0 aliphatic carbocycles. The summed E-state index contributed by atoms with van der Waals surface area (Å²) in [5.41, 5.74) is 1.01. The van der Waals surface area contributed by atoms with Crippen molar-refractivity contribution in [2.75, 3.05) is 12.4 Å². The van der Waals surface area contributed by atoms with Crippen molar-refractivity contribution in [3.63, 3.8) is 0 Å². The number of oxazole rings is 1. The fourth-order valence-electron chi connectivity index (χ4n) is 1.46. The number of ether oxygens (including phenoxy) is 1. The minimum Gasteiger partial charge on any atom is -0.465 e. The largest absolute Gasteiger partial charge is 0.465 e. The highest BCUT2D eigenvalue weighted by molar-refractivity contribution is 6.31. The van der Waals surface area contributed by atoms with Crippen LogP contribution in [0.25, 0.3) is 0 Å². The van der Waals surface area contributed by atoms with Crippen LogP contribution in [0.4, 0.5) is 5.69 Å². The van der Waals surface area contributed by atoms with Crippen LogP contribution in [0.3, 0.4) is 0 Å². The molecule has 0 fully saturated rings. The molecule has 0 saturated carbocycles. The van der Waals surface area contributed by atoms with Crippen molar-refractivity contribution in [2.24, 2.45) is 0 Å². The number of hydrogen-bond acceptors (Lipinski definition) is 5.